The Balaban J connectivity index is 0.00000162. The Morgan fingerprint density at radius 3 is 2.67 bits per heavy atom. The number of carbonyl (C=O) groups excluding carboxylic acids is 1. The lowest BCUT2D eigenvalue weighted by Crippen LogP contribution is -2.36. The van der Waals surface area contributed by atoms with Gasteiger partial charge < -0.3 is 5.32 Å². The minimum Gasteiger partial charge on any atom is -0.307 e. The molecule has 0 radical (unpaired) electrons. The number of rotatable bonds is 5. The number of carbonyl (C=O) groups is 1. The molecule has 0 amide bonds. The van der Waals surface area contributed by atoms with E-state index in [1.54, 1.807) is 0 Å². The first kappa shape index (κ1) is 15.2. The molecule has 0 saturated heterocycles. The highest BCUT2D eigenvalue weighted by Crippen LogP contribution is 2.23. The predicted molar refractivity (Wildman–Crippen MR) is 77.8 cm³/mol. The Kier molecular flexibility index (Phi) is 5.83. The highest BCUT2D eigenvalue weighted by atomic mass is 35.5. The van der Waals surface area contributed by atoms with Crippen molar-refractivity contribution in [2.24, 2.45) is 0 Å². The van der Waals surface area contributed by atoms with Crippen molar-refractivity contribution in [2.45, 2.75) is 45.6 Å². The van der Waals surface area contributed by atoms with E-state index in [0.717, 1.165) is 24.9 Å². The molecule has 2 nitrogen and oxygen atoms in total. The van der Waals surface area contributed by atoms with Crippen molar-refractivity contribution >= 4 is 18.2 Å². The quantitative estimate of drug-likeness (QED) is 0.831. The first-order valence-electron chi connectivity index (χ1n) is 6.65. The zero-order valence-electron chi connectivity index (χ0n) is 11.2. The number of hydrogen-bond acceptors (Lipinski definition) is 2. The number of nitrogens with one attached hydrogen (secondary N) is 1. The second-order valence-corrected chi connectivity index (χ2v) is 4.72. The number of likely N-dealkylation sites (N-methyl/N-ethyl adjacent to an activating group) is 1. The maximum absolute atomic E-state index is 12.3. The Morgan fingerprint density at radius 1 is 1.28 bits per heavy atom. The second kappa shape index (κ2) is 6.91. The molecule has 1 aromatic carbocycles. The van der Waals surface area contributed by atoms with Crippen LogP contribution in [0.25, 0.3) is 0 Å². The van der Waals surface area contributed by atoms with Gasteiger partial charge in [-0.1, -0.05) is 26.0 Å². The Bertz CT molecular complexity index is 417. The second-order valence-electron chi connectivity index (χ2n) is 4.72. The van der Waals surface area contributed by atoms with Crippen LogP contribution in [0.3, 0.4) is 0 Å². The van der Waals surface area contributed by atoms with E-state index in [0.29, 0.717) is 0 Å². The van der Waals surface area contributed by atoms with Crippen molar-refractivity contribution in [3.05, 3.63) is 34.9 Å². The van der Waals surface area contributed by atoms with Crippen LogP contribution in [0.4, 0.5) is 0 Å². The average molecular weight is 268 g/mol. The zero-order valence-corrected chi connectivity index (χ0v) is 12.0. The monoisotopic (exact) mass is 267 g/mol. The van der Waals surface area contributed by atoms with Gasteiger partial charge in [0.15, 0.2) is 5.78 Å². The molecule has 0 aliphatic heterocycles. The van der Waals surface area contributed by atoms with Gasteiger partial charge in [-0.25, -0.2) is 0 Å². The molecule has 1 N–H and O–H groups in total. The van der Waals surface area contributed by atoms with Crippen LogP contribution in [0.2, 0.25) is 0 Å². The molecule has 1 atom stereocenters. The fourth-order valence-corrected chi connectivity index (χ4v) is 2.60. The van der Waals surface area contributed by atoms with Crippen molar-refractivity contribution in [3.63, 3.8) is 0 Å². The summed E-state index contributed by atoms with van der Waals surface area (Å²) in [5, 5.41) is 3.25. The molecule has 1 unspecified atom stereocenters. The highest BCUT2D eigenvalue weighted by molar-refractivity contribution is 6.00. The summed E-state index contributed by atoms with van der Waals surface area (Å²) in [6, 6.07) is 6.20. The van der Waals surface area contributed by atoms with Crippen molar-refractivity contribution in [1.29, 1.82) is 0 Å². The van der Waals surface area contributed by atoms with Gasteiger partial charge in [0.05, 0.1) is 6.04 Å². The average Bonchev–Trinajstić information content (AvgIpc) is 2.82. The summed E-state index contributed by atoms with van der Waals surface area (Å²) >= 11 is 0. The van der Waals surface area contributed by atoms with E-state index >= 15 is 0 Å². The van der Waals surface area contributed by atoms with Gasteiger partial charge >= 0.3 is 0 Å². The molecule has 0 bridgehead atoms. The number of halogens is 1. The van der Waals surface area contributed by atoms with Gasteiger partial charge in [-0.2, -0.15) is 0 Å². The molecular weight excluding hydrogens is 246 g/mol. The van der Waals surface area contributed by atoms with E-state index in [4.69, 9.17) is 0 Å². The lowest BCUT2D eigenvalue weighted by atomic mass is 9.98. The van der Waals surface area contributed by atoms with Crippen LogP contribution in [0.5, 0.6) is 0 Å². The third-order valence-corrected chi connectivity index (χ3v) is 3.56. The number of benzene rings is 1. The van der Waals surface area contributed by atoms with E-state index in [-0.39, 0.29) is 24.2 Å². The fourth-order valence-electron chi connectivity index (χ4n) is 2.60. The molecule has 0 saturated carbocycles. The Morgan fingerprint density at radius 2 is 2.00 bits per heavy atom. The third-order valence-electron chi connectivity index (χ3n) is 3.56. The first-order chi connectivity index (χ1) is 8.26. The molecule has 3 heteroatoms. The van der Waals surface area contributed by atoms with Crippen LogP contribution < -0.4 is 5.32 Å². The molecule has 1 aliphatic carbocycles. The summed E-state index contributed by atoms with van der Waals surface area (Å²) in [7, 11) is 0. The summed E-state index contributed by atoms with van der Waals surface area (Å²) in [6.45, 7) is 4.94. The molecule has 0 aromatic heterocycles. The van der Waals surface area contributed by atoms with E-state index in [1.165, 1.54) is 24.0 Å². The van der Waals surface area contributed by atoms with Crippen molar-refractivity contribution in [3.8, 4) is 0 Å². The molecule has 18 heavy (non-hydrogen) atoms. The molecule has 0 fully saturated rings. The van der Waals surface area contributed by atoms with Crippen LogP contribution in [0, 0.1) is 0 Å². The van der Waals surface area contributed by atoms with E-state index < -0.39 is 0 Å². The van der Waals surface area contributed by atoms with Crippen LogP contribution >= 0.6 is 12.4 Å². The molecule has 1 aromatic rings. The maximum atomic E-state index is 12.3. The molecule has 100 valence electrons. The SMILES string of the molecule is CCNC(CC)C(=O)c1ccc2c(c1)CCC2.Cl. The van der Waals surface area contributed by atoms with Crippen molar-refractivity contribution < 1.29 is 4.79 Å². The summed E-state index contributed by atoms with van der Waals surface area (Å²) in [5.74, 6) is 0.240. The topological polar surface area (TPSA) is 29.1 Å². The lowest BCUT2D eigenvalue weighted by molar-refractivity contribution is 0.0941. The minimum atomic E-state index is -0.0283. The standard InChI is InChI=1S/C15H21NO.ClH/c1-3-14(16-4-2)15(17)13-9-8-11-6-5-7-12(11)10-13;/h8-10,14,16H,3-7H2,1-2H3;1H. The number of aryl methyl sites for hydroxylation is 2. The highest BCUT2D eigenvalue weighted by Gasteiger charge is 2.19. The summed E-state index contributed by atoms with van der Waals surface area (Å²) in [5.41, 5.74) is 3.68. The number of ketones is 1. The number of Topliss-reactive ketones (excluding diaryl/α,β-unsaturated/α-hetero) is 1. The molecule has 2 rings (SSSR count). The van der Waals surface area contributed by atoms with Crippen LogP contribution in [0.1, 0.15) is 48.2 Å². The van der Waals surface area contributed by atoms with Gasteiger partial charge in [-0.3, -0.25) is 4.79 Å². The van der Waals surface area contributed by atoms with Crippen molar-refractivity contribution in [1.82, 2.24) is 5.32 Å². The lowest BCUT2D eigenvalue weighted by Gasteiger charge is -2.15. The Labute approximate surface area is 116 Å². The predicted octanol–water partition coefficient (Wildman–Crippen LogP) is 3.17. The van der Waals surface area contributed by atoms with Gasteiger partial charge in [0, 0.05) is 5.56 Å². The normalized spacial score (nSPS) is 14.8. The fraction of sp³-hybridized carbons (Fsp3) is 0.533. The molecular formula is C15H22ClNO. The summed E-state index contributed by atoms with van der Waals surface area (Å²) in [4.78, 5) is 12.3. The zero-order chi connectivity index (χ0) is 12.3. The maximum Gasteiger partial charge on any atom is 0.179 e. The largest absolute Gasteiger partial charge is 0.307 e. The van der Waals surface area contributed by atoms with E-state index in [2.05, 4.69) is 24.4 Å². The van der Waals surface area contributed by atoms with Crippen LogP contribution in [-0.4, -0.2) is 18.4 Å². The van der Waals surface area contributed by atoms with Gasteiger partial charge in [-0.15, -0.1) is 12.4 Å². The van der Waals surface area contributed by atoms with Gasteiger partial charge in [0.2, 0.25) is 0 Å². The molecule has 1 aliphatic rings. The number of fused-ring (bicyclic) bond motifs is 1. The summed E-state index contributed by atoms with van der Waals surface area (Å²) < 4.78 is 0. The van der Waals surface area contributed by atoms with E-state index in [1.807, 2.05) is 13.0 Å². The summed E-state index contributed by atoms with van der Waals surface area (Å²) in [6.07, 6.45) is 4.39. The van der Waals surface area contributed by atoms with Gasteiger partial charge in [0.1, 0.15) is 0 Å². The molecule has 0 spiro atoms. The van der Waals surface area contributed by atoms with Crippen LogP contribution in [-0.2, 0) is 12.8 Å². The molecule has 0 heterocycles. The van der Waals surface area contributed by atoms with E-state index in [9.17, 15) is 4.79 Å². The third kappa shape index (κ3) is 3.12. The minimum absolute atomic E-state index is 0. The first-order valence-corrected chi connectivity index (χ1v) is 6.65. The Hall–Kier alpha value is -0.860. The number of hydrogen-bond donors (Lipinski definition) is 1. The van der Waals surface area contributed by atoms with Gasteiger partial charge in [0.25, 0.3) is 0 Å². The smallest absolute Gasteiger partial charge is 0.179 e. The van der Waals surface area contributed by atoms with Crippen LogP contribution in [0.15, 0.2) is 18.2 Å². The van der Waals surface area contributed by atoms with Crippen molar-refractivity contribution in [2.75, 3.05) is 6.54 Å². The van der Waals surface area contributed by atoms with Gasteiger partial charge in [-0.05, 0) is 49.4 Å².